The summed E-state index contributed by atoms with van der Waals surface area (Å²) in [5.41, 5.74) is 0.944. The molecule has 0 saturated carbocycles. The molecule has 0 amide bonds. The van der Waals surface area contributed by atoms with Crippen molar-refractivity contribution < 1.29 is 4.74 Å². The van der Waals surface area contributed by atoms with Gasteiger partial charge in [-0.25, -0.2) is 4.98 Å². The summed E-state index contributed by atoms with van der Waals surface area (Å²) in [4.78, 5) is 8.68. The van der Waals surface area contributed by atoms with Crippen LogP contribution in [-0.2, 0) is 0 Å². The summed E-state index contributed by atoms with van der Waals surface area (Å²) < 4.78 is 6.24. The van der Waals surface area contributed by atoms with Crippen molar-refractivity contribution in [2.75, 3.05) is 23.8 Å². The summed E-state index contributed by atoms with van der Waals surface area (Å²) in [6, 6.07) is 7.77. The maximum atomic E-state index is 5.43. The molecule has 0 unspecified atom stereocenters. The molecule has 0 bridgehead atoms. The minimum Gasteiger partial charge on any atom is -0.494 e. The monoisotopic (exact) mass is 350 g/mol. The number of ether oxygens (including phenoxy) is 1. The molecule has 0 fully saturated rings. The third-order valence-electron chi connectivity index (χ3n) is 2.71. The number of hydrogen-bond acceptors (Lipinski definition) is 5. The largest absolute Gasteiger partial charge is 0.494 e. The Kier molecular flexibility index (Phi) is 5.80. The number of benzene rings is 1. The van der Waals surface area contributed by atoms with Gasteiger partial charge in [0.05, 0.1) is 11.1 Å². The molecule has 0 radical (unpaired) electrons. The molecule has 0 atom stereocenters. The Morgan fingerprint density at radius 1 is 1.19 bits per heavy atom. The second kappa shape index (κ2) is 7.83. The number of aromatic nitrogens is 2. The van der Waals surface area contributed by atoms with E-state index in [-0.39, 0.29) is 0 Å². The lowest BCUT2D eigenvalue weighted by Crippen LogP contribution is -2.06. The summed E-state index contributed by atoms with van der Waals surface area (Å²) >= 11 is 3.46. The molecule has 2 rings (SSSR count). The topological polar surface area (TPSA) is 59.1 Å². The molecule has 0 spiro atoms. The highest BCUT2D eigenvalue weighted by molar-refractivity contribution is 9.10. The van der Waals surface area contributed by atoms with Gasteiger partial charge >= 0.3 is 0 Å². The van der Waals surface area contributed by atoms with E-state index in [1.165, 1.54) is 0 Å². The number of rotatable bonds is 7. The Labute approximate surface area is 133 Å². The van der Waals surface area contributed by atoms with Gasteiger partial charge in [0.15, 0.2) is 0 Å². The van der Waals surface area contributed by atoms with Crippen LogP contribution in [0, 0.1) is 0 Å². The van der Waals surface area contributed by atoms with E-state index in [0.717, 1.165) is 34.7 Å². The molecular weight excluding hydrogens is 332 g/mol. The molecule has 0 aliphatic heterocycles. The molecule has 0 saturated heterocycles. The van der Waals surface area contributed by atoms with Crippen molar-refractivity contribution in [3.63, 3.8) is 0 Å². The Morgan fingerprint density at radius 2 is 1.95 bits per heavy atom. The number of nitrogens with one attached hydrogen (secondary N) is 2. The predicted octanol–water partition coefficient (Wildman–Crippen LogP) is 4.20. The van der Waals surface area contributed by atoms with Crippen molar-refractivity contribution in [1.82, 2.24) is 9.97 Å². The first kappa shape index (κ1) is 15.6. The van der Waals surface area contributed by atoms with Gasteiger partial charge in [-0.05, 0) is 53.5 Å². The van der Waals surface area contributed by atoms with Crippen LogP contribution in [0.15, 0.2) is 34.9 Å². The van der Waals surface area contributed by atoms with Crippen LogP contribution in [0.2, 0.25) is 0 Å². The summed E-state index contributed by atoms with van der Waals surface area (Å²) in [5.74, 6) is 2.20. The van der Waals surface area contributed by atoms with Gasteiger partial charge in [0.2, 0.25) is 5.95 Å². The average Bonchev–Trinajstić information content (AvgIpc) is 2.50. The van der Waals surface area contributed by atoms with Gasteiger partial charge in [0, 0.05) is 18.4 Å². The molecule has 6 heteroatoms. The van der Waals surface area contributed by atoms with Crippen molar-refractivity contribution in [2.24, 2.45) is 0 Å². The number of nitrogens with zero attached hydrogens (tertiary/aromatic N) is 2. The van der Waals surface area contributed by atoms with E-state index in [9.17, 15) is 0 Å². The average molecular weight is 351 g/mol. The van der Waals surface area contributed by atoms with Crippen molar-refractivity contribution in [3.05, 3.63) is 34.9 Å². The maximum absolute atomic E-state index is 5.43. The van der Waals surface area contributed by atoms with Gasteiger partial charge < -0.3 is 15.4 Å². The lowest BCUT2D eigenvalue weighted by Gasteiger charge is -2.10. The second-order valence-corrected chi connectivity index (χ2v) is 5.25. The molecule has 1 aromatic carbocycles. The highest BCUT2D eigenvalue weighted by atomic mass is 79.9. The van der Waals surface area contributed by atoms with Crippen LogP contribution < -0.4 is 15.4 Å². The number of hydrogen-bond donors (Lipinski definition) is 2. The van der Waals surface area contributed by atoms with Gasteiger partial charge in [0.25, 0.3) is 0 Å². The van der Waals surface area contributed by atoms with E-state index < -0.39 is 0 Å². The second-order valence-electron chi connectivity index (χ2n) is 4.40. The summed E-state index contributed by atoms with van der Waals surface area (Å²) in [6.45, 7) is 5.58. The van der Waals surface area contributed by atoms with Crippen molar-refractivity contribution >= 4 is 33.4 Å². The summed E-state index contributed by atoms with van der Waals surface area (Å²) in [6.07, 6.45) is 2.77. The lowest BCUT2D eigenvalue weighted by molar-refractivity contribution is 0.340. The van der Waals surface area contributed by atoms with Crippen LogP contribution in [-0.4, -0.2) is 23.1 Å². The molecule has 2 aromatic rings. The SMILES string of the molecule is CCCNc1ncc(Br)c(Nc2ccc(OCC)cc2)n1. The third-order valence-corrected chi connectivity index (χ3v) is 3.29. The van der Waals surface area contributed by atoms with E-state index in [2.05, 4.69) is 43.5 Å². The van der Waals surface area contributed by atoms with Crippen LogP contribution in [0.25, 0.3) is 0 Å². The first-order valence-corrected chi connectivity index (χ1v) is 7.78. The van der Waals surface area contributed by atoms with Crippen LogP contribution in [0.4, 0.5) is 17.5 Å². The van der Waals surface area contributed by atoms with E-state index >= 15 is 0 Å². The zero-order valence-electron chi connectivity index (χ0n) is 12.2. The van der Waals surface area contributed by atoms with Gasteiger partial charge in [0.1, 0.15) is 11.6 Å². The fraction of sp³-hybridized carbons (Fsp3) is 0.333. The Balaban J connectivity index is 2.10. The number of halogens is 1. The molecule has 1 aromatic heterocycles. The Hall–Kier alpha value is -1.82. The van der Waals surface area contributed by atoms with Gasteiger partial charge in [-0.2, -0.15) is 4.98 Å². The fourth-order valence-corrected chi connectivity index (χ4v) is 2.00. The van der Waals surface area contributed by atoms with E-state index in [1.807, 2.05) is 31.2 Å². The Bertz CT molecular complexity index is 574. The molecule has 21 heavy (non-hydrogen) atoms. The normalized spacial score (nSPS) is 10.2. The van der Waals surface area contributed by atoms with Gasteiger partial charge in [-0.3, -0.25) is 0 Å². The Morgan fingerprint density at radius 3 is 2.62 bits per heavy atom. The van der Waals surface area contributed by atoms with Crippen LogP contribution in [0.5, 0.6) is 5.75 Å². The summed E-state index contributed by atoms with van der Waals surface area (Å²) in [5, 5.41) is 6.44. The predicted molar refractivity (Wildman–Crippen MR) is 89.4 cm³/mol. The molecule has 2 N–H and O–H groups in total. The number of anilines is 3. The van der Waals surface area contributed by atoms with Crippen LogP contribution in [0.1, 0.15) is 20.3 Å². The van der Waals surface area contributed by atoms with Crippen molar-refractivity contribution in [1.29, 1.82) is 0 Å². The summed E-state index contributed by atoms with van der Waals surface area (Å²) in [7, 11) is 0. The molecule has 0 aliphatic rings. The fourth-order valence-electron chi connectivity index (χ4n) is 1.71. The highest BCUT2D eigenvalue weighted by Crippen LogP contribution is 2.25. The molecule has 5 nitrogen and oxygen atoms in total. The van der Waals surface area contributed by atoms with E-state index in [4.69, 9.17) is 4.74 Å². The van der Waals surface area contributed by atoms with Gasteiger partial charge in [-0.1, -0.05) is 6.92 Å². The minimum absolute atomic E-state index is 0.619. The quantitative estimate of drug-likeness (QED) is 0.783. The van der Waals surface area contributed by atoms with Crippen molar-refractivity contribution in [2.45, 2.75) is 20.3 Å². The highest BCUT2D eigenvalue weighted by Gasteiger charge is 2.05. The molecule has 0 aliphatic carbocycles. The maximum Gasteiger partial charge on any atom is 0.224 e. The third kappa shape index (κ3) is 4.60. The zero-order chi connectivity index (χ0) is 15.1. The van der Waals surface area contributed by atoms with E-state index in [1.54, 1.807) is 6.20 Å². The van der Waals surface area contributed by atoms with E-state index in [0.29, 0.717) is 12.6 Å². The smallest absolute Gasteiger partial charge is 0.224 e. The van der Waals surface area contributed by atoms with Crippen LogP contribution in [0.3, 0.4) is 0 Å². The minimum atomic E-state index is 0.619. The molecule has 1 heterocycles. The lowest BCUT2D eigenvalue weighted by atomic mass is 10.3. The van der Waals surface area contributed by atoms with Crippen molar-refractivity contribution in [3.8, 4) is 5.75 Å². The first-order valence-electron chi connectivity index (χ1n) is 6.99. The molecular formula is C15H19BrN4O. The van der Waals surface area contributed by atoms with Gasteiger partial charge in [-0.15, -0.1) is 0 Å². The zero-order valence-corrected chi connectivity index (χ0v) is 13.8. The molecule has 112 valence electrons. The van der Waals surface area contributed by atoms with Crippen LogP contribution >= 0.6 is 15.9 Å². The first-order chi connectivity index (χ1) is 10.2. The standard InChI is InChI=1S/C15H19BrN4O/c1-3-9-17-15-18-10-13(16)14(20-15)19-11-5-7-12(8-6-11)21-4-2/h5-8,10H,3-4,9H2,1-2H3,(H2,17,18,19,20).